The largest absolute Gasteiger partial charge is 0.595 e. The minimum atomic E-state index is -1.92. The van der Waals surface area contributed by atoms with Crippen LogP contribution >= 0.6 is 8.00 Å². The summed E-state index contributed by atoms with van der Waals surface area (Å²) in [6, 6.07) is 19.1. The van der Waals surface area contributed by atoms with Gasteiger partial charge in [-0.3, -0.25) is 4.52 Å². The van der Waals surface area contributed by atoms with Gasteiger partial charge in [-0.25, -0.2) is 0 Å². The molecule has 0 radical (unpaired) electrons. The summed E-state index contributed by atoms with van der Waals surface area (Å²) in [6.07, 6.45) is 0. The molecule has 0 aliphatic carbocycles. The van der Waals surface area contributed by atoms with Crippen LogP contribution in [0.1, 0.15) is 26.3 Å². The van der Waals surface area contributed by atoms with Gasteiger partial charge in [0.1, 0.15) is 0 Å². The molecular formula is C17H19O2P. The molecule has 3 heteroatoms. The van der Waals surface area contributed by atoms with Crippen LogP contribution in [0, 0.1) is 5.41 Å². The first-order chi connectivity index (χ1) is 9.48. The Morgan fingerprint density at radius 3 is 1.90 bits per heavy atom. The summed E-state index contributed by atoms with van der Waals surface area (Å²) in [5, 5.41) is 0.831. The van der Waals surface area contributed by atoms with E-state index in [1.807, 2.05) is 60.7 Å². The van der Waals surface area contributed by atoms with Crippen LogP contribution in [-0.4, -0.2) is 5.29 Å². The molecule has 0 N–H and O–H groups in total. The van der Waals surface area contributed by atoms with Crippen LogP contribution in [0.2, 0.25) is 0 Å². The Hall–Kier alpha value is -1.63. The molecule has 0 spiro atoms. The third-order valence-corrected chi connectivity index (χ3v) is 4.54. The zero-order chi connectivity index (χ0) is 14.6. The molecule has 0 heterocycles. The van der Waals surface area contributed by atoms with Gasteiger partial charge in [0.05, 0.1) is 0 Å². The molecule has 20 heavy (non-hydrogen) atoms. The summed E-state index contributed by atoms with van der Waals surface area (Å²) in [5.74, 6) is 0.631. The van der Waals surface area contributed by atoms with Crippen molar-refractivity contribution in [3.63, 3.8) is 0 Å². The van der Waals surface area contributed by atoms with Crippen molar-refractivity contribution < 1.29 is 9.42 Å². The van der Waals surface area contributed by atoms with Crippen LogP contribution in [0.25, 0.3) is 0 Å². The maximum Gasteiger partial charge on any atom is 0.281 e. The molecule has 0 saturated heterocycles. The number of para-hydroxylation sites is 1. The summed E-state index contributed by atoms with van der Waals surface area (Å²) in [4.78, 5) is 12.6. The topological polar surface area (TPSA) is 32.3 Å². The lowest BCUT2D eigenvalue weighted by Crippen LogP contribution is -2.24. The average Bonchev–Trinajstić information content (AvgIpc) is 2.39. The summed E-state index contributed by atoms with van der Waals surface area (Å²) in [5.41, 5.74) is 0.751. The van der Waals surface area contributed by atoms with Crippen LogP contribution in [0.3, 0.4) is 0 Å². The highest BCUT2D eigenvalue weighted by Crippen LogP contribution is 2.33. The van der Waals surface area contributed by atoms with E-state index in [0.717, 1.165) is 10.9 Å². The van der Waals surface area contributed by atoms with Crippen molar-refractivity contribution in [3.05, 3.63) is 66.2 Å². The lowest BCUT2D eigenvalue weighted by Gasteiger charge is -2.19. The van der Waals surface area contributed by atoms with Crippen molar-refractivity contribution in [3.8, 4) is 5.75 Å². The number of benzene rings is 2. The Balaban J connectivity index is 2.43. The van der Waals surface area contributed by atoms with Gasteiger partial charge in [-0.05, 0) is 12.1 Å². The molecule has 0 aromatic heterocycles. The summed E-state index contributed by atoms with van der Waals surface area (Å²) in [7, 11) is -1.92. The van der Waals surface area contributed by atoms with E-state index in [1.165, 1.54) is 0 Å². The SMILES string of the molecule is CC(C)(C)/C(c1ccccc1)=[P+](/[O-])Oc1ccccc1. The molecule has 2 aromatic carbocycles. The Bertz CT molecular complexity index is 583. The smallest absolute Gasteiger partial charge is 0.281 e. The molecule has 0 fully saturated rings. The van der Waals surface area contributed by atoms with E-state index < -0.39 is 8.00 Å². The maximum absolute atomic E-state index is 12.6. The van der Waals surface area contributed by atoms with E-state index in [2.05, 4.69) is 20.8 Å². The predicted molar refractivity (Wildman–Crippen MR) is 84.0 cm³/mol. The fourth-order valence-corrected chi connectivity index (χ4v) is 3.34. The quantitative estimate of drug-likeness (QED) is 0.799. The third-order valence-electron chi connectivity index (χ3n) is 2.87. The Kier molecular flexibility index (Phi) is 4.59. The number of rotatable bonds is 3. The third kappa shape index (κ3) is 3.69. The maximum atomic E-state index is 12.6. The van der Waals surface area contributed by atoms with Crippen molar-refractivity contribution in [1.82, 2.24) is 0 Å². The van der Waals surface area contributed by atoms with Crippen molar-refractivity contribution in [2.24, 2.45) is 5.41 Å². The van der Waals surface area contributed by atoms with Crippen LogP contribution in [0.4, 0.5) is 0 Å². The molecule has 0 aliphatic heterocycles. The van der Waals surface area contributed by atoms with Gasteiger partial charge < -0.3 is 4.89 Å². The lowest BCUT2D eigenvalue weighted by molar-refractivity contribution is -0.165. The van der Waals surface area contributed by atoms with E-state index in [0.29, 0.717) is 5.75 Å². The molecule has 0 saturated carbocycles. The highest BCUT2D eigenvalue weighted by atomic mass is 31.1. The molecule has 0 amide bonds. The molecule has 1 atom stereocenters. The van der Waals surface area contributed by atoms with Crippen molar-refractivity contribution in [2.75, 3.05) is 0 Å². The molecule has 0 aliphatic rings. The highest BCUT2D eigenvalue weighted by Gasteiger charge is 2.29. The van der Waals surface area contributed by atoms with E-state index in [4.69, 9.17) is 4.52 Å². The minimum absolute atomic E-state index is 0.219. The van der Waals surface area contributed by atoms with Gasteiger partial charge in [-0.15, -0.1) is 0 Å². The molecule has 2 aromatic rings. The summed E-state index contributed by atoms with van der Waals surface area (Å²) >= 11 is 0. The van der Waals surface area contributed by atoms with Gasteiger partial charge in [0.15, 0.2) is 11.0 Å². The number of hydrogen-bond donors (Lipinski definition) is 0. The molecule has 0 bridgehead atoms. The van der Waals surface area contributed by atoms with E-state index >= 15 is 0 Å². The van der Waals surface area contributed by atoms with Gasteiger partial charge >= 0.3 is 0 Å². The Morgan fingerprint density at radius 2 is 1.40 bits per heavy atom. The standard InChI is InChI=1S/C17H19O2P/c1-17(2,3)16(14-10-6-4-7-11-14)20(18)19-15-12-8-5-9-13-15/h4-13H,1-3H3. The molecule has 1 unspecified atom stereocenters. The lowest BCUT2D eigenvalue weighted by atomic mass is 9.88. The van der Waals surface area contributed by atoms with E-state index in [1.54, 1.807) is 0 Å². The summed E-state index contributed by atoms with van der Waals surface area (Å²) < 4.78 is 5.63. The molecule has 104 valence electrons. The fraction of sp³-hybridized carbons (Fsp3) is 0.235. The van der Waals surface area contributed by atoms with Crippen molar-refractivity contribution in [1.29, 1.82) is 0 Å². The Morgan fingerprint density at radius 1 is 0.900 bits per heavy atom. The van der Waals surface area contributed by atoms with E-state index in [9.17, 15) is 4.89 Å². The Labute approximate surface area is 121 Å². The van der Waals surface area contributed by atoms with Gasteiger partial charge in [0.25, 0.3) is 8.00 Å². The van der Waals surface area contributed by atoms with Gasteiger partial charge in [-0.2, -0.15) is 0 Å². The van der Waals surface area contributed by atoms with E-state index in [-0.39, 0.29) is 5.41 Å². The molecule has 2 rings (SSSR count). The average molecular weight is 286 g/mol. The first kappa shape index (κ1) is 14.8. The zero-order valence-corrected chi connectivity index (χ0v) is 12.9. The van der Waals surface area contributed by atoms with Gasteiger partial charge in [0, 0.05) is 11.0 Å². The van der Waals surface area contributed by atoms with Crippen LogP contribution in [-0.2, 0) is 0 Å². The second-order valence-corrected chi connectivity index (χ2v) is 6.77. The second kappa shape index (κ2) is 6.21. The van der Waals surface area contributed by atoms with Gasteiger partial charge in [0.2, 0.25) is 0 Å². The highest BCUT2D eigenvalue weighted by molar-refractivity contribution is 7.48. The second-order valence-electron chi connectivity index (χ2n) is 5.63. The minimum Gasteiger partial charge on any atom is -0.595 e. The molecular weight excluding hydrogens is 267 g/mol. The van der Waals surface area contributed by atoms with Crippen LogP contribution in [0.5, 0.6) is 5.75 Å². The monoisotopic (exact) mass is 286 g/mol. The molecule has 2 nitrogen and oxygen atoms in total. The predicted octanol–water partition coefficient (Wildman–Crippen LogP) is 4.00. The first-order valence-electron chi connectivity index (χ1n) is 6.61. The first-order valence-corrected chi connectivity index (χ1v) is 7.79. The van der Waals surface area contributed by atoms with Crippen molar-refractivity contribution in [2.45, 2.75) is 20.8 Å². The van der Waals surface area contributed by atoms with Gasteiger partial charge in [-0.1, -0.05) is 69.3 Å². The van der Waals surface area contributed by atoms with Crippen molar-refractivity contribution >= 4 is 13.3 Å². The zero-order valence-electron chi connectivity index (χ0n) is 12.0. The number of hydrogen-bond acceptors (Lipinski definition) is 2. The van der Waals surface area contributed by atoms with Crippen LogP contribution in [0.15, 0.2) is 60.7 Å². The fourth-order valence-electron chi connectivity index (χ4n) is 2.03. The van der Waals surface area contributed by atoms with Crippen LogP contribution < -0.4 is 9.42 Å². The normalized spacial score (nSPS) is 12.8. The summed E-state index contributed by atoms with van der Waals surface area (Å²) in [6.45, 7) is 6.16.